The molecule has 1 atom stereocenters. The molecule has 0 radical (unpaired) electrons. The largest absolute Gasteiger partial charge is 0.430 e. The van der Waals surface area contributed by atoms with Crippen molar-refractivity contribution >= 4 is 27.7 Å². The molecule has 4 nitrogen and oxygen atoms in total. The normalized spacial score (nSPS) is 14.7. The second-order valence-electron chi connectivity index (χ2n) is 4.77. The van der Waals surface area contributed by atoms with Gasteiger partial charge in [0.2, 0.25) is 0 Å². The molecule has 0 aliphatic rings. The molecule has 11 heteroatoms. The molecule has 1 unspecified atom stereocenters. The van der Waals surface area contributed by atoms with Gasteiger partial charge in [-0.05, 0) is 5.39 Å². The van der Waals surface area contributed by atoms with Gasteiger partial charge in [0.15, 0.2) is 0 Å². The molecule has 0 saturated carbocycles. The lowest BCUT2D eigenvalue weighted by Gasteiger charge is -2.34. The van der Waals surface area contributed by atoms with Crippen LogP contribution in [0.2, 0.25) is 0 Å². The van der Waals surface area contributed by atoms with Crippen LogP contribution in [-0.2, 0) is 16.9 Å². The summed E-state index contributed by atoms with van der Waals surface area (Å²) in [5, 5.41) is 9.56. The fourth-order valence-corrected chi connectivity index (χ4v) is 2.63. The van der Waals surface area contributed by atoms with Crippen molar-refractivity contribution in [2.24, 2.45) is 0 Å². The van der Waals surface area contributed by atoms with E-state index in [9.17, 15) is 35.7 Å². The van der Waals surface area contributed by atoms with Crippen molar-refractivity contribution in [3.8, 4) is 0 Å². The highest BCUT2D eigenvalue weighted by Crippen LogP contribution is 2.52. The number of alkyl halides is 6. The Labute approximate surface area is 133 Å². The maximum absolute atomic E-state index is 13.1. The Morgan fingerprint density at radius 3 is 1.96 bits per heavy atom. The van der Waals surface area contributed by atoms with Gasteiger partial charge in [0.25, 0.3) is 16.9 Å². The standard InChI is InChI=1S/C13H9F6NO3S/c14-12(15,16)11(21,13(17,18)19)9-6-5-7-3-1-2-4-8(7)10(9)20-24(22)23/h1-6,20-21H,(H,22,23). The first-order chi connectivity index (χ1) is 10.9. The van der Waals surface area contributed by atoms with Gasteiger partial charge in [-0.15, -0.1) is 0 Å². The molecule has 0 saturated heterocycles. The quantitative estimate of drug-likeness (QED) is 0.568. The van der Waals surface area contributed by atoms with Crippen molar-refractivity contribution in [2.45, 2.75) is 18.0 Å². The molecule has 2 aromatic rings. The van der Waals surface area contributed by atoms with Crippen LogP contribution in [0.25, 0.3) is 10.8 Å². The summed E-state index contributed by atoms with van der Waals surface area (Å²) in [7, 11) is 0. The summed E-state index contributed by atoms with van der Waals surface area (Å²) in [5.41, 5.74) is -7.78. The van der Waals surface area contributed by atoms with E-state index in [1.54, 1.807) is 4.72 Å². The number of anilines is 1. The number of benzene rings is 2. The number of halogens is 6. The van der Waals surface area contributed by atoms with Gasteiger partial charge in [-0.2, -0.15) is 26.3 Å². The maximum atomic E-state index is 13.1. The van der Waals surface area contributed by atoms with Crippen molar-refractivity contribution in [2.75, 3.05) is 4.72 Å². The number of aliphatic hydroxyl groups is 1. The zero-order valence-electron chi connectivity index (χ0n) is 11.4. The molecule has 0 amide bonds. The Kier molecular flexibility index (Phi) is 4.55. The van der Waals surface area contributed by atoms with Gasteiger partial charge in [0.1, 0.15) is 0 Å². The van der Waals surface area contributed by atoms with Gasteiger partial charge in [0, 0.05) is 10.9 Å². The summed E-state index contributed by atoms with van der Waals surface area (Å²) in [6.45, 7) is 0. The van der Waals surface area contributed by atoms with Crippen LogP contribution in [0.4, 0.5) is 32.0 Å². The second-order valence-corrected chi connectivity index (χ2v) is 5.47. The lowest BCUT2D eigenvalue weighted by atomic mass is 9.88. The molecule has 3 N–H and O–H groups in total. The third-order valence-electron chi connectivity index (χ3n) is 3.33. The van der Waals surface area contributed by atoms with Gasteiger partial charge in [-0.3, -0.25) is 9.27 Å². The summed E-state index contributed by atoms with van der Waals surface area (Å²) in [6.07, 6.45) is -12.2. The average molecular weight is 373 g/mol. The highest BCUT2D eigenvalue weighted by atomic mass is 32.2. The molecular formula is C13H9F6NO3S. The first-order valence-electron chi connectivity index (χ1n) is 6.15. The van der Waals surface area contributed by atoms with E-state index in [1.165, 1.54) is 18.2 Å². The molecule has 0 aliphatic heterocycles. The Hall–Kier alpha value is -1.85. The molecule has 0 heterocycles. The first kappa shape index (κ1) is 18.5. The van der Waals surface area contributed by atoms with Gasteiger partial charge in [-0.25, -0.2) is 4.21 Å². The van der Waals surface area contributed by atoms with Crippen LogP contribution in [0.1, 0.15) is 5.56 Å². The van der Waals surface area contributed by atoms with Crippen molar-refractivity contribution in [1.29, 1.82) is 0 Å². The van der Waals surface area contributed by atoms with Crippen LogP contribution < -0.4 is 4.72 Å². The number of fused-ring (bicyclic) bond motifs is 1. The lowest BCUT2D eigenvalue weighted by molar-refractivity contribution is -0.375. The maximum Gasteiger partial charge on any atom is 0.430 e. The van der Waals surface area contributed by atoms with E-state index in [1.807, 2.05) is 0 Å². The summed E-state index contributed by atoms with van der Waals surface area (Å²) in [6, 6.07) is 6.68. The minimum Gasteiger partial charge on any atom is -0.369 e. The smallest absolute Gasteiger partial charge is 0.369 e. The predicted octanol–water partition coefficient (Wildman–Crippen LogP) is 3.70. The molecule has 2 rings (SSSR count). The number of hydrogen-bond donors (Lipinski definition) is 3. The molecular weight excluding hydrogens is 364 g/mol. The second kappa shape index (κ2) is 5.90. The van der Waals surface area contributed by atoms with E-state index < -0.39 is 40.5 Å². The summed E-state index contributed by atoms with van der Waals surface area (Å²) >= 11 is -2.97. The highest BCUT2D eigenvalue weighted by Gasteiger charge is 2.72. The topological polar surface area (TPSA) is 69.6 Å². The van der Waals surface area contributed by atoms with Crippen molar-refractivity contribution in [1.82, 2.24) is 0 Å². The number of hydrogen-bond acceptors (Lipinski definition) is 2. The van der Waals surface area contributed by atoms with Crippen LogP contribution in [0.5, 0.6) is 0 Å². The number of rotatable bonds is 3. The van der Waals surface area contributed by atoms with Crippen molar-refractivity contribution < 1.29 is 40.2 Å². The summed E-state index contributed by atoms with van der Waals surface area (Å²) in [5.74, 6) is 0. The molecule has 0 aliphatic carbocycles. The average Bonchev–Trinajstić information content (AvgIpc) is 2.44. The monoisotopic (exact) mass is 373 g/mol. The van der Waals surface area contributed by atoms with Crippen LogP contribution in [-0.4, -0.2) is 26.2 Å². The van der Waals surface area contributed by atoms with Crippen LogP contribution >= 0.6 is 0 Å². The van der Waals surface area contributed by atoms with Crippen molar-refractivity contribution in [3.05, 3.63) is 42.0 Å². The minimum atomic E-state index is -6.11. The van der Waals surface area contributed by atoms with E-state index >= 15 is 0 Å². The molecule has 0 bridgehead atoms. The van der Waals surface area contributed by atoms with Gasteiger partial charge in [-0.1, -0.05) is 36.4 Å². The van der Waals surface area contributed by atoms with E-state index in [4.69, 9.17) is 4.55 Å². The lowest BCUT2D eigenvalue weighted by Crippen LogP contribution is -2.54. The summed E-state index contributed by atoms with van der Waals surface area (Å²) < 4.78 is 99.9. The molecule has 2 aromatic carbocycles. The minimum absolute atomic E-state index is 0.190. The first-order valence-corrected chi connectivity index (χ1v) is 7.26. The predicted molar refractivity (Wildman–Crippen MR) is 74.3 cm³/mol. The van der Waals surface area contributed by atoms with E-state index in [-0.39, 0.29) is 10.8 Å². The SMILES string of the molecule is O=S(O)Nc1c(C(O)(C(F)(F)F)C(F)(F)F)ccc2ccccc12. The Bertz CT molecular complexity index is 775. The van der Waals surface area contributed by atoms with E-state index in [0.717, 1.165) is 12.1 Å². The van der Waals surface area contributed by atoms with Crippen molar-refractivity contribution in [3.63, 3.8) is 0 Å². The third kappa shape index (κ3) is 2.94. The van der Waals surface area contributed by atoms with Crippen LogP contribution in [0.15, 0.2) is 36.4 Å². The van der Waals surface area contributed by atoms with Gasteiger partial charge in [0.05, 0.1) is 5.69 Å². The zero-order valence-corrected chi connectivity index (χ0v) is 12.3. The van der Waals surface area contributed by atoms with Crippen LogP contribution in [0.3, 0.4) is 0 Å². The number of nitrogens with one attached hydrogen (secondary N) is 1. The van der Waals surface area contributed by atoms with E-state index in [2.05, 4.69) is 0 Å². The van der Waals surface area contributed by atoms with E-state index in [0.29, 0.717) is 6.07 Å². The van der Waals surface area contributed by atoms with Gasteiger partial charge >= 0.3 is 12.4 Å². The molecule has 0 fully saturated rings. The zero-order chi connectivity index (χ0) is 18.3. The Morgan fingerprint density at radius 1 is 0.917 bits per heavy atom. The molecule has 0 spiro atoms. The molecule has 0 aromatic heterocycles. The van der Waals surface area contributed by atoms with Crippen LogP contribution in [0, 0.1) is 0 Å². The fourth-order valence-electron chi connectivity index (χ4n) is 2.24. The molecule has 24 heavy (non-hydrogen) atoms. The fraction of sp³-hybridized carbons (Fsp3) is 0.231. The Balaban J connectivity index is 2.90. The highest BCUT2D eigenvalue weighted by molar-refractivity contribution is 7.80. The van der Waals surface area contributed by atoms with Gasteiger partial charge < -0.3 is 5.11 Å². The summed E-state index contributed by atoms with van der Waals surface area (Å²) in [4.78, 5) is 0. The third-order valence-corrected chi connectivity index (χ3v) is 3.71. The Morgan fingerprint density at radius 2 is 1.46 bits per heavy atom. The molecule has 132 valence electrons.